The van der Waals surface area contributed by atoms with Crippen molar-refractivity contribution in [1.82, 2.24) is 14.8 Å². The SMILES string of the molecule is C#CCOc1cccc(N)c1.CC.CCC(C)Cc1nncn1C. The summed E-state index contributed by atoms with van der Waals surface area (Å²) in [5.74, 6) is 4.87. The largest absolute Gasteiger partial charge is 0.481 e. The van der Waals surface area contributed by atoms with Gasteiger partial charge in [0.1, 0.15) is 24.5 Å². The van der Waals surface area contributed by atoms with E-state index in [2.05, 4.69) is 30.0 Å². The molecule has 1 unspecified atom stereocenters. The number of nitrogens with zero attached hydrogens (tertiary/aromatic N) is 3. The predicted octanol–water partition coefficient (Wildman–Crippen LogP) is 3.71. The lowest BCUT2D eigenvalue weighted by atomic mass is 10.1. The van der Waals surface area contributed by atoms with Crippen molar-refractivity contribution in [3.05, 3.63) is 36.4 Å². The second kappa shape index (κ2) is 13.0. The first-order chi connectivity index (χ1) is 11.6. The Balaban J connectivity index is 0.000000400. The molecule has 0 bridgehead atoms. The molecule has 1 aromatic heterocycles. The molecule has 0 saturated carbocycles. The van der Waals surface area contributed by atoms with Crippen molar-refractivity contribution >= 4 is 5.69 Å². The van der Waals surface area contributed by atoms with Crippen molar-refractivity contribution in [2.24, 2.45) is 13.0 Å². The van der Waals surface area contributed by atoms with E-state index in [1.165, 1.54) is 6.42 Å². The number of aromatic nitrogens is 3. The lowest BCUT2D eigenvalue weighted by Crippen LogP contribution is -2.04. The zero-order valence-corrected chi connectivity index (χ0v) is 15.5. The molecule has 1 aromatic carbocycles. The topological polar surface area (TPSA) is 66.0 Å². The Morgan fingerprint density at radius 3 is 2.58 bits per heavy atom. The standard InChI is InChI=1S/C9H9NO.C8H15N3.C2H6/c1-2-6-11-9-5-3-4-8(10)7-9;1-4-7(2)5-8-10-9-6-11(8)3;1-2/h1,3-5,7H,6,10H2;6-7H,4-5H2,1-3H3;1-2H3. The fraction of sp³-hybridized carbons (Fsp3) is 0.474. The zero-order chi connectivity index (χ0) is 18.4. The van der Waals surface area contributed by atoms with Gasteiger partial charge in [0.2, 0.25) is 0 Å². The minimum Gasteiger partial charge on any atom is -0.481 e. The fourth-order valence-corrected chi connectivity index (χ4v) is 1.68. The number of ether oxygens (including phenoxy) is 1. The third-order valence-corrected chi connectivity index (χ3v) is 3.21. The molecule has 132 valence electrons. The molecule has 0 aliphatic heterocycles. The summed E-state index contributed by atoms with van der Waals surface area (Å²) in [6.07, 6.45) is 8.99. The molecule has 2 rings (SSSR count). The van der Waals surface area contributed by atoms with E-state index in [4.69, 9.17) is 16.9 Å². The van der Waals surface area contributed by atoms with Crippen molar-refractivity contribution in [2.75, 3.05) is 12.3 Å². The van der Waals surface area contributed by atoms with Gasteiger partial charge in [0.25, 0.3) is 0 Å². The average molecular weight is 330 g/mol. The highest BCUT2D eigenvalue weighted by Gasteiger charge is 2.04. The van der Waals surface area contributed by atoms with Crippen LogP contribution in [0.1, 0.15) is 39.9 Å². The Hall–Kier alpha value is -2.48. The molecule has 0 amide bonds. The van der Waals surface area contributed by atoms with Crippen molar-refractivity contribution in [1.29, 1.82) is 0 Å². The Morgan fingerprint density at radius 1 is 1.38 bits per heavy atom. The highest BCUT2D eigenvalue weighted by molar-refractivity contribution is 5.43. The molecule has 5 heteroatoms. The molecule has 0 aliphatic carbocycles. The Kier molecular flexibility index (Phi) is 11.7. The van der Waals surface area contributed by atoms with E-state index in [0.29, 0.717) is 17.4 Å². The molecule has 0 fully saturated rings. The van der Waals surface area contributed by atoms with Crippen molar-refractivity contribution in [2.45, 2.75) is 40.5 Å². The third kappa shape index (κ3) is 8.84. The molecule has 0 radical (unpaired) electrons. The number of hydrogen-bond donors (Lipinski definition) is 1. The van der Waals surface area contributed by atoms with Gasteiger partial charge in [0.15, 0.2) is 0 Å². The van der Waals surface area contributed by atoms with Crippen LogP contribution >= 0.6 is 0 Å². The Labute approximate surface area is 146 Å². The van der Waals surface area contributed by atoms with Crippen molar-refractivity contribution in [3.8, 4) is 18.1 Å². The minimum absolute atomic E-state index is 0.281. The molecule has 0 aliphatic rings. The van der Waals surface area contributed by atoms with Gasteiger partial charge in [-0.25, -0.2) is 0 Å². The van der Waals surface area contributed by atoms with Crippen LogP contribution in [0.25, 0.3) is 0 Å². The summed E-state index contributed by atoms with van der Waals surface area (Å²) in [6.45, 7) is 8.71. The monoisotopic (exact) mass is 330 g/mol. The minimum atomic E-state index is 0.281. The van der Waals surface area contributed by atoms with Gasteiger partial charge in [0, 0.05) is 25.2 Å². The van der Waals surface area contributed by atoms with Crippen LogP contribution in [0.5, 0.6) is 5.75 Å². The summed E-state index contributed by atoms with van der Waals surface area (Å²) in [5, 5.41) is 7.84. The van der Waals surface area contributed by atoms with Gasteiger partial charge >= 0.3 is 0 Å². The van der Waals surface area contributed by atoms with Crippen LogP contribution in [0.2, 0.25) is 0 Å². The van der Waals surface area contributed by atoms with Crippen LogP contribution in [0.4, 0.5) is 5.69 Å². The molecular formula is C19H30N4O. The molecule has 5 nitrogen and oxygen atoms in total. The lowest BCUT2D eigenvalue weighted by Gasteiger charge is -2.05. The van der Waals surface area contributed by atoms with E-state index < -0.39 is 0 Å². The first-order valence-corrected chi connectivity index (χ1v) is 8.31. The first kappa shape index (κ1) is 21.5. The summed E-state index contributed by atoms with van der Waals surface area (Å²) in [5.41, 5.74) is 6.18. The van der Waals surface area contributed by atoms with Crippen LogP contribution in [0, 0.1) is 18.3 Å². The Morgan fingerprint density at radius 2 is 2.08 bits per heavy atom. The summed E-state index contributed by atoms with van der Waals surface area (Å²) >= 11 is 0. The first-order valence-electron chi connectivity index (χ1n) is 8.31. The maximum Gasteiger partial charge on any atom is 0.148 e. The van der Waals surface area contributed by atoms with E-state index in [9.17, 15) is 0 Å². The number of anilines is 1. The van der Waals surface area contributed by atoms with Crippen LogP contribution in [-0.2, 0) is 13.5 Å². The highest BCUT2D eigenvalue weighted by atomic mass is 16.5. The third-order valence-electron chi connectivity index (χ3n) is 3.21. The summed E-state index contributed by atoms with van der Waals surface area (Å²) in [4.78, 5) is 0. The predicted molar refractivity (Wildman–Crippen MR) is 101 cm³/mol. The van der Waals surface area contributed by atoms with Gasteiger partial charge < -0.3 is 15.0 Å². The van der Waals surface area contributed by atoms with Gasteiger partial charge in [-0.3, -0.25) is 0 Å². The molecule has 1 atom stereocenters. The number of rotatable bonds is 5. The van der Waals surface area contributed by atoms with Gasteiger partial charge in [-0.15, -0.1) is 16.6 Å². The van der Waals surface area contributed by atoms with Gasteiger partial charge in [-0.2, -0.15) is 0 Å². The molecule has 2 N–H and O–H groups in total. The molecule has 1 heterocycles. The Bertz CT molecular complexity index is 601. The second-order valence-corrected chi connectivity index (χ2v) is 5.14. The van der Waals surface area contributed by atoms with Gasteiger partial charge in [-0.05, 0) is 18.1 Å². The highest BCUT2D eigenvalue weighted by Crippen LogP contribution is 2.13. The lowest BCUT2D eigenvalue weighted by molar-refractivity contribution is 0.370. The maximum absolute atomic E-state index is 5.50. The molecule has 0 spiro atoms. The summed E-state index contributed by atoms with van der Waals surface area (Å²) in [7, 11) is 1.98. The number of terminal acetylenes is 1. The number of nitrogen functional groups attached to an aromatic ring is 1. The summed E-state index contributed by atoms with van der Waals surface area (Å²) in [6, 6.07) is 7.16. The van der Waals surface area contributed by atoms with Crippen molar-refractivity contribution < 1.29 is 4.74 Å². The molecule has 24 heavy (non-hydrogen) atoms. The fourth-order valence-electron chi connectivity index (χ4n) is 1.68. The van der Waals surface area contributed by atoms with E-state index in [0.717, 1.165) is 12.2 Å². The van der Waals surface area contributed by atoms with Crippen LogP contribution in [0.3, 0.4) is 0 Å². The van der Waals surface area contributed by atoms with E-state index in [1.54, 1.807) is 18.5 Å². The molecular weight excluding hydrogens is 300 g/mol. The van der Waals surface area contributed by atoms with Crippen LogP contribution in [-0.4, -0.2) is 21.4 Å². The van der Waals surface area contributed by atoms with E-state index in [1.807, 2.05) is 37.6 Å². The summed E-state index contributed by atoms with van der Waals surface area (Å²) < 4.78 is 7.10. The van der Waals surface area contributed by atoms with E-state index >= 15 is 0 Å². The van der Waals surface area contributed by atoms with Crippen LogP contribution in [0.15, 0.2) is 30.6 Å². The zero-order valence-electron chi connectivity index (χ0n) is 15.5. The molecule has 2 aromatic rings. The van der Waals surface area contributed by atoms with Gasteiger partial charge in [0.05, 0.1) is 0 Å². The smallest absolute Gasteiger partial charge is 0.148 e. The normalized spacial score (nSPS) is 10.3. The second-order valence-electron chi connectivity index (χ2n) is 5.14. The van der Waals surface area contributed by atoms with E-state index in [-0.39, 0.29) is 6.61 Å². The average Bonchev–Trinajstić information content (AvgIpc) is 3.00. The quantitative estimate of drug-likeness (QED) is 0.670. The van der Waals surface area contributed by atoms with Crippen LogP contribution < -0.4 is 10.5 Å². The number of aryl methyl sites for hydroxylation is 1. The maximum atomic E-state index is 5.50. The van der Waals surface area contributed by atoms with Gasteiger partial charge in [-0.1, -0.05) is 46.1 Å². The number of benzene rings is 1. The van der Waals surface area contributed by atoms with Crippen molar-refractivity contribution in [3.63, 3.8) is 0 Å². The molecule has 0 saturated heterocycles. The number of hydrogen-bond acceptors (Lipinski definition) is 4. The number of nitrogens with two attached hydrogens (primary N) is 1.